The van der Waals surface area contributed by atoms with Gasteiger partial charge in [0.15, 0.2) is 0 Å². The Labute approximate surface area is 99.7 Å². The van der Waals surface area contributed by atoms with Gasteiger partial charge in [0.2, 0.25) is 0 Å². The van der Waals surface area contributed by atoms with Crippen molar-refractivity contribution in [2.24, 2.45) is 23.7 Å². The molecule has 96 valence electrons. The second-order valence-corrected chi connectivity index (χ2v) is 7.28. The van der Waals surface area contributed by atoms with Crippen LogP contribution in [0.3, 0.4) is 0 Å². The molecule has 4 saturated carbocycles. The van der Waals surface area contributed by atoms with E-state index in [2.05, 4.69) is 0 Å². The van der Waals surface area contributed by atoms with E-state index in [4.69, 9.17) is 14.5 Å². The van der Waals surface area contributed by atoms with Crippen LogP contribution in [0.2, 0.25) is 0 Å². The minimum Gasteiger partial charge on any atom is -0.453 e. The normalized spacial score (nSPS) is 43.8. The minimum absolute atomic E-state index is 0.247. The Kier molecular flexibility index (Phi) is 2.62. The van der Waals surface area contributed by atoms with Gasteiger partial charge in [0.1, 0.15) is 6.10 Å². The van der Waals surface area contributed by atoms with E-state index in [-0.39, 0.29) is 6.10 Å². The van der Waals surface area contributed by atoms with Crippen LogP contribution in [0.15, 0.2) is 0 Å². The van der Waals surface area contributed by atoms with Gasteiger partial charge in [0, 0.05) is 0 Å². The number of carbonyl (C=O) groups excluding carboxylic acids is 1. The molecule has 0 amide bonds. The van der Waals surface area contributed by atoms with Crippen molar-refractivity contribution in [3.05, 3.63) is 0 Å². The van der Waals surface area contributed by atoms with Crippen molar-refractivity contribution >= 4 is 13.3 Å². The number of ether oxygens (including phenoxy) is 1. The lowest BCUT2D eigenvalue weighted by molar-refractivity contribution is -0.0919. The van der Waals surface area contributed by atoms with Gasteiger partial charge in [-0.2, -0.15) is 0 Å². The molecular weight excluding hydrogens is 243 g/mol. The Hall–Kier alpha value is -0.380. The van der Waals surface area contributed by atoms with E-state index < -0.39 is 13.3 Å². The van der Waals surface area contributed by atoms with Gasteiger partial charge in [-0.25, -0.2) is 9.36 Å². The van der Waals surface area contributed by atoms with Gasteiger partial charge in [0.05, 0.1) is 0 Å². The molecule has 17 heavy (non-hydrogen) atoms. The molecule has 0 atom stereocenters. The summed E-state index contributed by atoms with van der Waals surface area (Å²) < 4.78 is 15.9. The molecule has 5 nitrogen and oxygen atoms in total. The van der Waals surface area contributed by atoms with Gasteiger partial charge in [-0.3, -0.25) is 0 Å². The lowest BCUT2D eigenvalue weighted by Gasteiger charge is -2.53. The van der Waals surface area contributed by atoms with Crippen molar-refractivity contribution in [2.75, 3.05) is 0 Å². The van der Waals surface area contributed by atoms with Gasteiger partial charge < -0.3 is 14.5 Å². The van der Waals surface area contributed by atoms with Crippen molar-refractivity contribution in [1.29, 1.82) is 0 Å². The zero-order valence-electron chi connectivity index (χ0n) is 9.49. The van der Waals surface area contributed by atoms with Gasteiger partial charge >= 0.3 is 13.3 Å². The zero-order valence-corrected chi connectivity index (χ0v) is 10.4. The third-order valence-corrected chi connectivity index (χ3v) is 5.20. The van der Waals surface area contributed by atoms with Crippen molar-refractivity contribution in [3.63, 3.8) is 0 Å². The fourth-order valence-corrected chi connectivity index (χ4v) is 4.51. The predicted octanol–water partition coefficient (Wildman–Crippen LogP) is 2.13. The molecule has 0 unspecified atom stereocenters. The van der Waals surface area contributed by atoms with Gasteiger partial charge in [-0.15, -0.1) is 0 Å². The summed E-state index contributed by atoms with van der Waals surface area (Å²) in [5, 5.41) is 0. The topological polar surface area (TPSA) is 83.8 Å². The number of hydrogen-bond donors (Lipinski definition) is 2. The van der Waals surface area contributed by atoms with Crippen LogP contribution in [-0.2, 0) is 9.30 Å². The first-order valence-electron chi connectivity index (χ1n) is 6.20. The molecule has 0 aromatic heterocycles. The highest BCUT2D eigenvalue weighted by Gasteiger charge is 2.50. The summed E-state index contributed by atoms with van der Waals surface area (Å²) in [6.07, 6.45) is 5.30. The van der Waals surface area contributed by atoms with E-state index in [0.29, 0.717) is 11.8 Å². The summed E-state index contributed by atoms with van der Waals surface area (Å²) >= 11 is 0. The van der Waals surface area contributed by atoms with Crippen LogP contribution in [0, 0.1) is 23.7 Å². The monoisotopic (exact) mass is 260 g/mol. The van der Waals surface area contributed by atoms with Gasteiger partial charge in [0.25, 0.3) is 0 Å². The summed E-state index contributed by atoms with van der Waals surface area (Å²) in [6.45, 7) is 0. The SMILES string of the molecule is O=C(OC1C2CC3CC(C2)CC1C3)P(=O)(O)O. The summed E-state index contributed by atoms with van der Waals surface area (Å²) in [5.41, 5.74) is -1.34. The first-order chi connectivity index (χ1) is 7.93. The largest absolute Gasteiger partial charge is 0.453 e. The molecule has 4 aliphatic carbocycles. The zero-order chi connectivity index (χ0) is 12.2. The molecule has 0 spiro atoms. The van der Waals surface area contributed by atoms with E-state index in [1.54, 1.807) is 0 Å². The predicted molar refractivity (Wildman–Crippen MR) is 59.4 cm³/mol. The van der Waals surface area contributed by atoms with Crippen LogP contribution in [0.1, 0.15) is 32.1 Å². The van der Waals surface area contributed by atoms with Crippen molar-refractivity contribution in [1.82, 2.24) is 0 Å². The minimum atomic E-state index is -4.73. The Morgan fingerprint density at radius 2 is 1.47 bits per heavy atom. The second-order valence-electron chi connectivity index (χ2n) is 5.82. The molecular formula is C11H17O5P. The van der Waals surface area contributed by atoms with Crippen molar-refractivity contribution < 1.29 is 23.9 Å². The first-order valence-corrected chi connectivity index (χ1v) is 7.81. The number of rotatable bonds is 2. The molecule has 0 aliphatic heterocycles. The van der Waals surface area contributed by atoms with Gasteiger partial charge in [-0.05, 0) is 55.8 Å². The molecule has 0 aromatic carbocycles. The van der Waals surface area contributed by atoms with E-state index in [0.717, 1.165) is 37.5 Å². The van der Waals surface area contributed by atoms with Crippen LogP contribution in [-0.4, -0.2) is 21.6 Å². The maximum atomic E-state index is 11.3. The molecule has 0 heterocycles. The quantitative estimate of drug-likeness (QED) is 0.743. The van der Waals surface area contributed by atoms with E-state index in [1.807, 2.05) is 0 Å². The molecule has 6 heteroatoms. The third-order valence-electron chi connectivity index (χ3n) is 4.61. The molecule has 4 fully saturated rings. The molecule has 4 rings (SSSR count). The van der Waals surface area contributed by atoms with Crippen LogP contribution in [0.25, 0.3) is 0 Å². The summed E-state index contributed by atoms with van der Waals surface area (Å²) in [6, 6.07) is 0. The summed E-state index contributed by atoms with van der Waals surface area (Å²) in [4.78, 5) is 28.8. The van der Waals surface area contributed by atoms with E-state index in [1.165, 1.54) is 6.42 Å². The summed E-state index contributed by atoms with van der Waals surface area (Å²) in [5.74, 6) is 2.17. The number of hydrogen-bond acceptors (Lipinski definition) is 3. The van der Waals surface area contributed by atoms with Crippen LogP contribution in [0.5, 0.6) is 0 Å². The highest BCUT2D eigenvalue weighted by molar-refractivity contribution is 7.69. The number of carbonyl (C=O) groups is 1. The highest BCUT2D eigenvalue weighted by atomic mass is 31.2. The van der Waals surface area contributed by atoms with Crippen molar-refractivity contribution in [3.8, 4) is 0 Å². The van der Waals surface area contributed by atoms with Crippen LogP contribution >= 0.6 is 7.60 Å². The Morgan fingerprint density at radius 3 is 1.88 bits per heavy atom. The molecule has 0 radical (unpaired) electrons. The second kappa shape index (κ2) is 3.81. The molecule has 4 aliphatic rings. The smallest absolute Gasteiger partial charge is 0.433 e. The Morgan fingerprint density at radius 1 is 1.00 bits per heavy atom. The molecule has 4 bridgehead atoms. The lowest BCUT2D eigenvalue weighted by atomic mass is 9.55. The fraction of sp³-hybridized carbons (Fsp3) is 0.909. The Bertz CT molecular complexity index is 359. The summed E-state index contributed by atoms with van der Waals surface area (Å²) in [7, 11) is -4.73. The maximum Gasteiger partial charge on any atom is 0.433 e. The van der Waals surface area contributed by atoms with Gasteiger partial charge in [-0.1, -0.05) is 0 Å². The van der Waals surface area contributed by atoms with Crippen LogP contribution < -0.4 is 0 Å². The van der Waals surface area contributed by atoms with E-state index >= 15 is 0 Å². The molecule has 0 aromatic rings. The third kappa shape index (κ3) is 2.05. The average molecular weight is 260 g/mol. The highest BCUT2D eigenvalue weighted by Crippen LogP contribution is 2.55. The lowest BCUT2D eigenvalue weighted by Crippen LogP contribution is -2.49. The fourth-order valence-electron chi connectivity index (χ4n) is 4.25. The molecule has 0 saturated heterocycles. The molecule has 2 N–H and O–H groups in total. The standard InChI is InChI=1S/C11H17O5P/c12-11(17(13,14)15)16-10-8-2-6-1-7(4-8)5-9(10)3-6/h6-10H,1-5H2,(H2,13,14,15). The maximum absolute atomic E-state index is 11.3. The first kappa shape index (κ1) is 11.7. The average Bonchev–Trinajstić information content (AvgIpc) is 2.20. The van der Waals surface area contributed by atoms with Crippen LogP contribution in [0.4, 0.5) is 4.79 Å². The Balaban J connectivity index is 1.72. The van der Waals surface area contributed by atoms with Crippen molar-refractivity contribution in [2.45, 2.75) is 38.2 Å². The van der Waals surface area contributed by atoms with E-state index in [9.17, 15) is 9.36 Å².